The van der Waals surface area contributed by atoms with Crippen LogP contribution in [0.1, 0.15) is 17.0 Å². The highest BCUT2D eigenvalue weighted by Gasteiger charge is 2.15. The van der Waals surface area contributed by atoms with Crippen LogP contribution in [0.5, 0.6) is 11.5 Å². The van der Waals surface area contributed by atoms with Crippen molar-refractivity contribution in [3.8, 4) is 11.5 Å². The van der Waals surface area contributed by atoms with Gasteiger partial charge < -0.3 is 23.5 Å². The van der Waals surface area contributed by atoms with Gasteiger partial charge in [0.1, 0.15) is 18.6 Å². The van der Waals surface area contributed by atoms with E-state index in [1.54, 1.807) is 31.4 Å². The highest BCUT2D eigenvalue weighted by molar-refractivity contribution is 7.98. The van der Waals surface area contributed by atoms with E-state index in [1.807, 2.05) is 24.3 Å². The summed E-state index contributed by atoms with van der Waals surface area (Å²) in [5.41, 5.74) is 1.70. The molecule has 0 aliphatic rings. The molecular weight excluding hydrogens is 422 g/mol. The van der Waals surface area contributed by atoms with Crippen LogP contribution in [0.3, 0.4) is 0 Å². The lowest BCUT2D eigenvalue weighted by atomic mass is 10.1. The van der Waals surface area contributed by atoms with Gasteiger partial charge >= 0.3 is 5.97 Å². The topological polar surface area (TPSA) is 105 Å². The van der Waals surface area contributed by atoms with Crippen molar-refractivity contribution in [2.24, 2.45) is 5.16 Å². The van der Waals surface area contributed by atoms with Crippen LogP contribution in [0.25, 0.3) is 0 Å². The van der Waals surface area contributed by atoms with Gasteiger partial charge in [-0.1, -0.05) is 41.2 Å². The van der Waals surface area contributed by atoms with Crippen molar-refractivity contribution in [2.75, 3.05) is 21.3 Å². The highest BCUT2D eigenvalue weighted by atomic mass is 32.2. The molecular formula is C21H21N3O6S. The van der Waals surface area contributed by atoms with E-state index in [0.717, 1.165) is 11.3 Å². The van der Waals surface area contributed by atoms with Crippen molar-refractivity contribution in [1.82, 2.24) is 10.2 Å². The van der Waals surface area contributed by atoms with Crippen LogP contribution >= 0.6 is 11.8 Å². The molecule has 3 aromatic rings. The number of benzene rings is 2. The minimum Gasteiger partial charge on any atom is -0.497 e. The van der Waals surface area contributed by atoms with Gasteiger partial charge in [-0.25, -0.2) is 4.79 Å². The number of carbonyl (C=O) groups excluding carboxylic acids is 1. The number of methoxy groups -OCH3 is 2. The molecule has 0 spiro atoms. The molecule has 2 aromatic carbocycles. The number of nitrogens with zero attached hydrogens (tertiary/aromatic N) is 3. The summed E-state index contributed by atoms with van der Waals surface area (Å²) in [6.07, 6.45) is 0. The summed E-state index contributed by atoms with van der Waals surface area (Å²) in [4.78, 5) is 16.5. The normalized spacial score (nSPS) is 11.1. The van der Waals surface area contributed by atoms with Gasteiger partial charge in [-0.05, 0) is 29.8 Å². The van der Waals surface area contributed by atoms with E-state index >= 15 is 0 Å². The smallest absolute Gasteiger partial charge is 0.360 e. The Morgan fingerprint density at radius 2 is 1.71 bits per heavy atom. The number of ether oxygens (including phenoxy) is 3. The zero-order valence-electron chi connectivity index (χ0n) is 17.2. The van der Waals surface area contributed by atoms with Crippen LogP contribution < -0.4 is 9.47 Å². The number of aromatic nitrogens is 2. The molecule has 0 saturated heterocycles. The third-order valence-electron chi connectivity index (χ3n) is 4.02. The van der Waals surface area contributed by atoms with Gasteiger partial charge in [0.05, 0.1) is 14.2 Å². The minimum atomic E-state index is -0.570. The summed E-state index contributed by atoms with van der Waals surface area (Å²) >= 11 is 1.40. The fourth-order valence-corrected chi connectivity index (χ4v) is 3.21. The standard InChI is InChI=1S/C21H21N3O6S/c1-26-16-8-10-17(11-9-16)29-12-18-22-23-21(30-18)31-13-14-4-6-15(7-5-14)19(24-28-3)20(25)27-2/h4-11H,12-13H2,1-3H3. The predicted octanol–water partition coefficient (Wildman–Crippen LogP) is 3.47. The molecule has 0 aliphatic heterocycles. The molecule has 162 valence electrons. The Morgan fingerprint density at radius 1 is 1.00 bits per heavy atom. The van der Waals surface area contributed by atoms with Crippen molar-refractivity contribution >= 4 is 23.4 Å². The molecule has 0 amide bonds. The van der Waals surface area contributed by atoms with Gasteiger partial charge in [-0.2, -0.15) is 0 Å². The van der Waals surface area contributed by atoms with Crippen LogP contribution in [-0.4, -0.2) is 43.2 Å². The lowest BCUT2D eigenvalue weighted by Gasteiger charge is -2.05. The van der Waals surface area contributed by atoms with Crippen molar-refractivity contribution in [1.29, 1.82) is 0 Å². The average molecular weight is 443 g/mol. The summed E-state index contributed by atoms with van der Waals surface area (Å²) in [6.45, 7) is 0.170. The van der Waals surface area contributed by atoms with Crippen LogP contribution in [0.15, 0.2) is 63.3 Å². The second-order valence-corrected chi connectivity index (χ2v) is 6.95. The number of oxime groups is 1. The van der Waals surface area contributed by atoms with E-state index in [4.69, 9.17) is 23.5 Å². The number of carbonyl (C=O) groups is 1. The lowest BCUT2D eigenvalue weighted by Crippen LogP contribution is -2.17. The highest BCUT2D eigenvalue weighted by Crippen LogP contribution is 2.23. The van der Waals surface area contributed by atoms with Crippen molar-refractivity contribution in [2.45, 2.75) is 17.6 Å². The first-order valence-corrected chi connectivity index (χ1v) is 10.1. The Kier molecular flexibility index (Phi) is 7.88. The Labute approximate surface area is 183 Å². The van der Waals surface area contributed by atoms with Crippen LogP contribution in [-0.2, 0) is 26.7 Å². The Bertz CT molecular complexity index is 1020. The largest absolute Gasteiger partial charge is 0.497 e. The van der Waals surface area contributed by atoms with Crippen LogP contribution in [0.4, 0.5) is 0 Å². The molecule has 31 heavy (non-hydrogen) atoms. The van der Waals surface area contributed by atoms with E-state index in [9.17, 15) is 4.79 Å². The summed E-state index contributed by atoms with van der Waals surface area (Å²) in [5, 5.41) is 12.2. The molecule has 1 heterocycles. The first kappa shape index (κ1) is 22.2. The number of hydrogen-bond acceptors (Lipinski definition) is 10. The third kappa shape index (κ3) is 6.22. The first-order valence-electron chi connectivity index (χ1n) is 9.13. The number of rotatable bonds is 10. The molecule has 0 bridgehead atoms. The van der Waals surface area contributed by atoms with Crippen LogP contribution in [0, 0.1) is 0 Å². The summed E-state index contributed by atoms with van der Waals surface area (Å²) in [6, 6.07) is 14.5. The molecule has 9 nitrogen and oxygen atoms in total. The monoisotopic (exact) mass is 443 g/mol. The quantitative estimate of drug-likeness (QED) is 0.201. The maximum absolute atomic E-state index is 11.8. The SMILES string of the molecule is CON=C(C(=O)OC)c1ccc(CSc2nnc(COc3ccc(OC)cc3)o2)cc1. The molecule has 3 rings (SSSR count). The second kappa shape index (κ2) is 11.0. The zero-order chi connectivity index (χ0) is 22.1. The summed E-state index contributed by atoms with van der Waals surface area (Å²) in [7, 11) is 4.27. The molecule has 0 saturated carbocycles. The molecule has 0 aliphatic carbocycles. The third-order valence-corrected chi connectivity index (χ3v) is 4.91. The van der Waals surface area contributed by atoms with Gasteiger partial charge in [-0.15, -0.1) is 10.2 Å². The van der Waals surface area contributed by atoms with E-state index in [2.05, 4.69) is 15.4 Å². The minimum absolute atomic E-state index is 0.0996. The van der Waals surface area contributed by atoms with Crippen molar-refractivity contribution < 1.29 is 28.3 Å². The number of esters is 1. The fraction of sp³-hybridized carbons (Fsp3) is 0.238. The maximum Gasteiger partial charge on any atom is 0.360 e. The second-order valence-electron chi connectivity index (χ2n) is 6.03. The summed E-state index contributed by atoms with van der Waals surface area (Å²) in [5.74, 6) is 1.85. The first-order chi connectivity index (χ1) is 15.1. The lowest BCUT2D eigenvalue weighted by molar-refractivity contribution is -0.132. The fourth-order valence-electron chi connectivity index (χ4n) is 2.47. The molecule has 10 heteroatoms. The van der Waals surface area contributed by atoms with Crippen molar-refractivity contribution in [3.05, 3.63) is 65.5 Å². The van der Waals surface area contributed by atoms with Gasteiger partial charge in [-0.3, -0.25) is 0 Å². The van der Waals surface area contributed by atoms with E-state index in [-0.39, 0.29) is 12.3 Å². The van der Waals surface area contributed by atoms with Crippen LogP contribution in [0.2, 0.25) is 0 Å². The number of hydrogen-bond donors (Lipinski definition) is 0. The van der Waals surface area contributed by atoms with Gasteiger partial charge in [0, 0.05) is 11.3 Å². The van der Waals surface area contributed by atoms with E-state index < -0.39 is 5.97 Å². The van der Waals surface area contributed by atoms with Crippen molar-refractivity contribution in [3.63, 3.8) is 0 Å². The van der Waals surface area contributed by atoms with Gasteiger partial charge in [0.25, 0.3) is 11.1 Å². The predicted molar refractivity (Wildman–Crippen MR) is 113 cm³/mol. The molecule has 0 fully saturated rings. The Balaban J connectivity index is 1.53. The van der Waals surface area contributed by atoms with E-state index in [1.165, 1.54) is 26.0 Å². The molecule has 1 aromatic heterocycles. The maximum atomic E-state index is 11.8. The molecule has 0 radical (unpaired) electrons. The molecule has 0 N–H and O–H groups in total. The van der Waals surface area contributed by atoms with Gasteiger partial charge in [0.15, 0.2) is 12.3 Å². The summed E-state index contributed by atoms with van der Waals surface area (Å²) < 4.78 is 21.1. The van der Waals surface area contributed by atoms with E-state index in [0.29, 0.717) is 28.2 Å². The molecule has 0 atom stereocenters. The average Bonchev–Trinajstić information content (AvgIpc) is 3.28. The Hall–Kier alpha value is -3.53. The van der Waals surface area contributed by atoms with Gasteiger partial charge in [0.2, 0.25) is 0 Å². The Morgan fingerprint density at radius 3 is 2.35 bits per heavy atom. The molecule has 0 unspecified atom stereocenters. The number of thioether (sulfide) groups is 1. The zero-order valence-corrected chi connectivity index (χ0v) is 18.0.